The number of hydrogen-bond acceptors (Lipinski definition) is 4. The van der Waals surface area contributed by atoms with Crippen LogP contribution in [-0.4, -0.2) is 28.7 Å². The van der Waals surface area contributed by atoms with E-state index in [-0.39, 0.29) is 0 Å². The van der Waals surface area contributed by atoms with E-state index in [0.717, 1.165) is 36.6 Å². The van der Waals surface area contributed by atoms with E-state index in [4.69, 9.17) is 9.47 Å². The van der Waals surface area contributed by atoms with Crippen LogP contribution in [-0.2, 0) is 13.0 Å². The molecule has 0 spiro atoms. The summed E-state index contributed by atoms with van der Waals surface area (Å²) in [6, 6.07) is 6.14. The zero-order valence-electron chi connectivity index (χ0n) is 13.9. The Morgan fingerprint density at radius 3 is 2.68 bits per heavy atom. The molecule has 0 aliphatic carbocycles. The van der Waals surface area contributed by atoms with Crippen LogP contribution in [0.15, 0.2) is 24.4 Å². The van der Waals surface area contributed by atoms with Crippen molar-refractivity contribution in [3.8, 4) is 11.5 Å². The molecule has 0 saturated heterocycles. The second-order valence-electron chi connectivity index (χ2n) is 5.43. The molecule has 1 atom stereocenters. The first kappa shape index (κ1) is 16.3. The summed E-state index contributed by atoms with van der Waals surface area (Å²) >= 11 is 0. The van der Waals surface area contributed by atoms with Crippen molar-refractivity contribution in [3.63, 3.8) is 0 Å². The zero-order chi connectivity index (χ0) is 15.9. The summed E-state index contributed by atoms with van der Waals surface area (Å²) in [7, 11) is 1.68. The SMILES string of the molecule is CCCOc1ccc(C(C)Cc2cn(CC)nn2)cc1OC. The topological polar surface area (TPSA) is 49.2 Å². The number of aryl methyl sites for hydroxylation is 1. The lowest BCUT2D eigenvalue weighted by Gasteiger charge is -2.15. The number of nitrogens with zero attached hydrogens (tertiary/aromatic N) is 3. The van der Waals surface area contributed by atoms with Crippen LogP contribution in [0.5, 0.6) is 11.5 Å². The maximum Gasteiger partial charge on any atom is 0.161 e. The molecule has 0 bridgehead atoms. The maximum absolute atomic E-state index is 5.70. The molecule has 22 heavy (non-hydrogen) atoms. The van der Waals surface area contributed by atoms with Crippen LogP contribution in [0.3, 0.4) is 0 Å². The molecule has 1 aromatic carbocycles. The van der Waals surface area contributed by atoms with Crippen molar-refractivity contribution in [1.82, 2.24) is 15.0 Å². The van der Waals surface area contributed by atoms with E-state index in [2.05, 4.69) is 43.2 Å². The minimum Gasteiger partial charge on any atom is -0.493 e. The highest BCUT2D eigenvalue weighted by Crippen LogP contribution is 2.31. The third kappa shape index (κ3) is 4.00. The smallest absolute Gasteiger partial charge is 0.161 e. The van der Waals surface area contributed by atoms with Crippen molar-refractivity contribution in [2.75, 3.05) is 13.7 Å². The summed E-state index contributed by atoms with van der Waals surface area (Å²) in [4.78, 5) is 0. The van der Waals surface area contributed by atoms with E-state index in [1.807, 2.05) is 16.9 Å². The fourth-order valence-electron chi connectivity index (χ4n) is 2.34. The maximum atomic E-state index is 5.70. The molecule has 0 aliphatic rings. The van der Waals surface area contributed by atoms with E-state index < -0.39 is 0 Å². The molecular formula is C17H25N3O2. The molecule has 0 aliphatic heterocycles. The second kappa shape index (κ2) is 7.82. The fraction of sp³-hybridized carbons (Fsp3) is 0.529. The lowest BCUT2D eigenvalue weighted by atomic mass is 9.96. The number of benzene rings is 1. The van der Waals surface area contributed by atoms with E-state index in [1.54, 1.807) is 7.11 Å². The van der Waals surface area contributed by atoms with Crippen molar-refractivity contribution in [3.05, 3.63) is 35.7 Å². The number of aromatic nitrogens is 3. The molecular weight excluding hydrogens is 278 g/mol. The predicted octanol–water partition coefficient (Wildman–Crippen LogP) is 3.44. The summed E-state index contributed by atoms with van der Waals surface area (Å²) in [5.74, 6) is 1.93. The van der Waals surface area contributed by atoms with Gasteiger partial charge < -0.3 is 9.47 Å². The van der Waals surface area contributed by atoms with E-state index >= 15 is 0 Å². The van der Waals surface area contributed by atoms with Crippen LogP contribution in [0.25, 0.3) is 0 Å². The van der Waals surface area contributed by atoms with Crippen LogP contribution in [0.1, 0.15) is 44.4 Å². The van der Waals surface area contributed by atoms with Gasteiger partial charge in [0.1, 0.15) is 0 Å². The standard InChI is InChI=1S/C17H25N3O2/c1-5-9-22-16-8-7-14(11-17(16)21-4)13(3)10-15-12-20(6-2)19-18-15/h7-8,11-13H,5-6,9-10H2,1-4H3. The fourth-order valence-corrected chi connectivity index (χ4v) is 2.34. The third-order valence-electron chi connectivity index (χ3n) is 3.64. The Morgan fingerprint density at radius 1 is 1.23 bits per heavy atom. The molecule has 1 unspecified atom stereocenters. The van der Waals surface area contributed by atoms with Gasteiger partial charge in [-0.05, 0) is 43.4 Å². The Labute approximate surface area is 132 Å². The van der Waals surface area contributed by atoms with Crippen molar-refractivity contribution >= 4 is 0 Å². The van der Waals surface area contributed by atoms with Crippen LogP contribution in [0.4, 0.5) is 0 Å². The Bertz CT molecular complexity index is 595. The highest BCUT2D eigenvalue weighted by Gasteiger charge is 2.13. The van der Waals surface area contributed by atoms with Gasteiger partial charge in [0.05, 0.1) is 19.4 Å². The summed E-state index contributed by atoms with van der Waals surface area (Å²) in [5, 5.41) is 8.30. The molecule has 0 fully saturated rings. The first-order chi connectivity index (χ1) is 10.7. The molecule has 1 heterocycles. The van der Waals surface area contributed by atoms with Gasteiger partial charge in [-0.25, -0.2) is 0 Å². The lowest BCUT2D eigenvalue weighted by Crippen LogP contribution is -2.02. The van der Waals surface area contributed by atoms with Crippen LogP contribution >= 0.6 is 0 Å². The first-order valence-corrected chi connectivity index (χ1v) is 7.87. The largest absolute Gasteiger partial charge is 0.493 e. The average Bonchev–Trinajstić information content (AvgIpc) is 3.00. The van der Waals surface area contributed by atoms with E-state index in [0.29, 0.717) is 12.5 Å². The quantitative estimate of drug-likeness (QED) is 0.749. The van der Waals surface area contributed by atoms with E-state index in [1.165, 1.54) is 5.56 Å². The van der Waals surface area contributed by atoms with Gasteiger partial charge in [0.15, 0.2) is 11.5 Å². The highest BCUT2D eigenvalue weighted by molar-refractivity contribution is 5.44. The molecule has 0 amide bonds. The first-order valence-electron chi connectivity index (χ1n) is 7.87. The Balaban J connectivity index is 2.10. The lowest BCUT2D eigenvalue weighted by molar-refractivity contribution is 0.294. The van der Waals surface area contributed by atoms with Crippen LogP contribution in [0, 0.1) is 0 Å². The van der Waals surface area contributed by atoms with Gasteiger partial charge in [-0.3, -0.25) is 4.68 Å². The molecule has 5 nitrogen and oxygen atoms in total. The van der Waals surface area contributed by atoms with Gasteiger partial charge in [-0.2, -0.15) is 0 Å². The monoisotopic (exact) mass is 303 g/mol. The third-order valence-corrected chi connectivity index (χ3v) is 3.64. The minimum atomic E-state index is 0.344. The Morgan fingerprint density at radius 2 is 2.05 bits per heavy atom. The number of ether oxygens (including phenoxy) is 2. The summed E-state index contributed by atoms with van der Waals surface area (Å²) in [6.07, 6.45) is 3.85. The Kier molecular flexibility index (Phi) is 5.81. The number of rotatable bonds is 8. The normalized spacial score (nSPS) is 12.2. The summed E-state index contributed by atoms with van der Waals surface area (Å²) < 4.78 is 13.0. The Hall–Kier alpha value is -2.04. The van der Waals surface area contributed by atoms with Crippen molar-refractivity contribution in [2.45, 2.75) is 46.1 Å². The van der Waals surface area contributed by atoms with Crippen molar-refractivity contribution in [2.24, 2.45) is 0 Å². The summed E-state index contributed by atoms with van der Waals surface area (Å²) in [6.45, 7) is 7.88. The van der Waals surface area contributed by atoms with Gasteiger partial charge in [0, 0.05) is 12.7 Å². The van der Waals surface area contributed by atoms with Gasteiger partial charge in [-0.1, -0.05) is 25.1 Å². The predicted molar refractivity (Wildman–Crippen MR) is 86.6 cm³/mol. The van der Waals surface area contributed by atoms with Crippen LogP contribution in [0.2, 0.25) is 0 Å². The number of methoxy groups -OCH3 is 1. The molecule has 0 N–H and O–H groups in total. The number of hydrogen-bond donors (Lipinski definition) is 0. The molecule has 2 aromatic rings. The molecule has 2 rings (SSSR count). The van der Waals surface area contributed by atoms with Gasteiger partial charge in [0.25, 0.3) is 0 Å². The van der Waals surface area contributed by atoms with Crippen molar-refractivity contribution in [1.29, 1.82) is 0 Å². The molecule has 120 valence electrons. The summed E-state index contributed by atoms with van der Waals surface area (Å²) in [5.41, 5.74) is 2.23. The van der Waals surface area contributed by atoms with E-state index in [9.17, 15) is 0 Å². The van der Waals surface area contributed by atoms with Gasteiger partial charge in [0.2, 0.25) is 0 Å². The highest BCUT2D eigenvalue weighted by atomic mass is 16.5. The van der Waals surface area contributed by atoms with Crippen LogP contribution < -0.4 is 9.47 Å². The van der Waals surface area contributed by atoms with Gasteiger partial charge in [-0.15, -0.1) is 5.10 Å². The molecule has 0 saturated carbocycles. The van der Waals surface area contributed by atoms with Gasteiger partial charge >= 0.3 is 0 Å². The molecule has 5 heteroatoms. The second-order valence-corrected chi connectivity index (χ2v) is 5.43. The molecule has 1 aromatic heterocycles. The zero-order valence-corrected chi connectivity index (χ0v) is 13.9. The minimum absolute atomic E-state index is 0.344. The molecule has 0 radical (unpaired) electrons. The van der Waals surface area contributed by atoms with Crippen molar-refractivity contribution < 1.29 is 9.47 Å². The average molecular weight is 303 g/mol.